The molecular formula is C17H23N3O. The van der Waals surface area contributed by atoms with E-state index in [0.717, 1.165) is 30.4 Å². The van der Waals surface area contributed by atoms with Gasteiger partial charge in [0.05, 0.1) is 11.4 Å². The van der Waals surface area contributed by atoms with Gasteiger partial charge in [0.1, 0.15) is 6.61 Å². The second-order valence-electron chi connectivity index (χ2n) is 5.62. The molecule has 1 fully saturated rings. The van der Waals surface area contributed by atoms with Crippen molar-refractivity contribution in [3.63, 3.8) is 0 Å². The Hall–Kier alpha value is -1.81. The highest BCUT2D eigenvalue weighted by Gasteiger charge is 2.12. The van der Waals surface area contributed by atoms with Gasteiger partial charge in [0.25, 0.3) is 0 Å². The smallest absolute Gasteiger partial charge is 0.216 e. The number of para-hydroxylation sites is 1. The van der Waals surface area contributed by atoms with E-state index < -0.39 is 0 Å². The normalized spacial score (nSPS) is 16.0. The predicted octanol–water partition coefficient (Wildman–Crippen LogP) is 3.05. The number of hydrogen-bond donors (Lipinski definition) is 0. The third-order valence-electron chi connectivity index (χ3n) is 3.91. The van der Waals surface area contributed by atoms with Gasteiger partial charge in [-0.25, -0.2) is 4.68 Å². The fourth-order valence-electron chi connectivity index (χ4n) is 2.80. The maximum Gasteiger partial charge on any atom is 0.216 e. The molecule has 0 saturated carbocycles. The topological polar surface area (TPSA) is 30.3 Å². The van der Waals surface area contributed by atoms with Crippen molar-refractivity contribution in [3.05, 3.63) is 42.1 Å². The Bertz CT molecular complexity index is 559. The minimum absolute atomic E-state index is 0.720. The van der Waals surface area contributed by atoms with E-state index in [0.29, 0.717) is 0 Å². The summed E-state index contributed by atoms with van der Waals surface area (Å²) in [4.78, 5) is 2.49. The molecule has 4 nitrogen and oxygen atoms in total. The van der Waals surface area contributed by atoms with Gasteiger partial charge in [-0.1, -0.05) is 24.6 Å². The van der Waals surface area contributed by atoms with E-state index in [1.807, 2.05) is 48.0 Å². The monoisotopic (exact) mass is 285 g/mol. The maximum absolute atomic E-state index is 5.97. The van der Waals surface area contributed by atoms with Crippen LogP contribution in [0.4, 0.5) is 0 Å². The lowest BCUT2D eigenvalue weighted by Gasteiger charge is -2.26. The van der Waals surface area contributed by atoms with Crippen molar-refractivity contribution in [3.8, 4) is 11.6 Å². The number of hydrogen-bond acceptors (Lipinski definition) is 3. The first-order chi connectivity index (χ1) is 10.3. The van der Waals surface area contributed by atoms with E-state index in [-0.39, 0.29) is 0 Å². The lowest BCUT2D eigenvalue weighted by molar-refractivity contribution is 0.178. The number of aromatic nitrogens is 2. The van der Waals surface area contributed by atoms with Crippen LogP contribution in [0.5, 0.6) is 5.88 Å². The van der Waals surface area contributed by atoms with Gasteiger partial charge in [-0.05, 0) is 45.0 Å². The van der Waals surface area contributed by atoms with E-state index >= 15 is 0 Å². The number of aryl methyl sites for hydroxylation is 1. The van der Waals surface area contributed by atoms with Crippen LogP contribution in [0.2, 0.25) is 0 Å². The van der Waals surface area contributed by atoms with E-state index in [1.54, 1.807) is 0 Å². The molecule has 3 rings (SSSR count). The summed E-state index contributed by atoms with van der Waals surface area (Å²) in [5.74, 6) is 0.829. The number of piperidine rings is 1. The van der Waals surface area contributed by atoms with Crippen molar-refractivity contribution in [2.45, 2.75) is 26.2 Å². The van der Waals surface area contributed by atoms with E-state index in [2.05, 4.69) is 10.00 Å². The molecule has 4 heteroatoms. The maximum atomic E-state index is 5.97. The summed E-state index contributed by atoms with van der Waals surface area (Å²) in [5, 5.41) is 4.52. The van der Waals surface area contributed by atoms with Gasteiger partial charge in [0.15, 0.2) is 0 Å². The summed E-state index contributed by atoms with van der Waals surface area (Å²) in [6.45, 7) is 6.13. The molecule has 2 heterocycles. The second kappa shape index (κ2) is 6.76. The van der Waals surface area contributed by atoms with Crippen molar-refractivity contribution in [2.24, 2.45) is 0 Å². The number of nitrogens with zero attached hydrogens (tertiary/aromatic N) is 3. The van der Waals surface area contributed by atoms with E-state index in [4.69, 9.17) is 4.74 Å². The van der Waals surface area contributed by atoms with Crippen molar-refractivity contribution in [1.82, 2.24) is 14.7 Å². The molecule has 1 aliphatic heterocycles. The molecule has 1 aromatic carbocycles. The first-order valence-corrected chi connectivity index (χ1v) is 7.80. The third-order valence-corrected chi connectivity index (χ3v) is 3.91. The van der Waals surface area contributed by atoms with Gasteiger partial charge in [-0.3, -0.25) is 4.90 Å². The summed E-state index contributed by atoms with van der Waals surface area (Å²) < 4.78 is 7.85. The van der Waals surface area contributed by atoms with Crippen LogP contribution in [0, 0.1) is 6.92 Å². The Balaban J connectivity index is 1.62. The zero-order valence-electron chi connectivity index (χ0n) is 12.7. The lowest BCUT2D eigenvalue weighted by atomic mass is 10.1. The number of benzene rings is 1. The number of rotatable bonds is 5. The van der Waals surface area contributed by atoms with Crippen LogP contribution in [0.1, 0.15) is 25.0 Å². The molecule has 1 aliphatic rings. The first-order valence-electron chi connectivity index (χ1n) is 7.80. The number of likely N-dealkylation sites (tertiary alicyclic amines) is 1. The minimum Gasteiger partial charge on any atom is -0.476 e. The van der Waals surface area contributed by atoms with Gasteiger partial charge < -0.3 is 4.74 Å². The van der Waals surface area contributed by atoms with Crippen LogP contribution >= 0.6 is 0 Å². The Morgan fingerprint density at radius 2 is 1.86 bits per heavy atom. The molecule has 0 unspecified atom stereocenters. The zero-order chi connectivity index (χ0) is 14.5. The van der Waals surface area contributed by atoms with Crippen LogP contribution in [0.15, 0.2) is 36.4 Å². The van der Waals surface area contributed by atoms with Crippen LogP contribution < -0.4 is 4.74 Å². The van der Waals surface area contributed by atoms with Crippen molar-refractivity contribution >= 4 is 0 Å². The fraction of sp³-hybridized carbons (Fsp3) is 0.471. The average Bonchev–Trinajstić information content (AvgIpc) is 2.90. The number of ether oxygens (including phenoxy) is 1. The van der Waals surface area contributed by atoms with Crippen molar-refractivity contribution < 1.29 is 4.74 Å². The van der Waals surface area contributed by atoms with Crippen molar-refractivity contribution in [2.75, 3.05) is 26.2 Å². The molecule has 2 aromatic rings. The first kappa shape index (κ1) is 14.1. The molecule has 112 valence electrons. The van der Waals surface area contributed by atoms with Gasteiger partial charge >= 0.3 is 0 Å². The van der Waals surface area contributed by atoms with Crippen LogP contribution in [0.3, 0.4) is 0 Å². The summed E-state index contributed by atoms with van der Waals surface area (Å²) in [6, 6.07) is 12.1. The van der Waals surface area contributed by atoms with Crippen LogP contribution in [-0.2, 0) is 0 Å². The Kier molecular flexibility index (Phi) is 4.55. The molecule has 1 saturated heterocycles. The standard InChI is InChI=1S/C17H23N3O/c1-15-14-17(20(18-15)16-8-4-2-5-9-16)21-13-12-19-10-6-3-7-11-19/h2,4-5,8-9,14H,3,6-7,10-13H2,1H3. The fourth-order valence-corrected chi connectivity index (χ4v) is 2.80. The quantitative estimate of drug-likeness (QED) is 0.846. The van der Waals surface area contributed by atoms with Gasteiger partial charge in [-0.15, -0.1) is 0 Å². The summed E-state index contributed by atoms with van der Waals surface area (Å²) in [5.41, 5.74) is 2.02. The molecule has 0 aliphatic carbocycles. The van der Waals surface area contributed by atoms with E-state index in [1.165, 1.54) is 32.4 Å². The highest BCUT2D eigenvalue weighted by molar-refractivity contribution is 5.35. The summed E-state index contributed by atoms with van der Waals surface area (Å²) in [6.07, 6.45) is 4.01. The summed E-state index contributed by atoms with van der Waals surface area (Å²) >= 11 is 0. The van der Waals surface area contributed by atoms with Crippen LogP contribution in [0.25, 0.3) is 5.69 Å². The summed E-state index contributed by atoms with van der Waals surface area (Å²) in [7, 11) is 0. The lowest BCUT2D eigenvalue weighted by Crippen LogP contribution is -2.33. The van der Waals surface area contributed by atoms with Gasteiger partial charge in [0, 0.05) is 12.6 Å². The molecular weight excluding hydrogens is 262 g/mol. The largest absolute Gasteiger partial charge is 0.476 e. The highest BCUT2D eigenvalue weighted by Crippen LogP contribution is 2.19. The molecule has 0 spiro atoms. The van der Waals surface area contributed by atoms with E-state index in [9.17, 15) is 0 Å². The molecule has 1 aromatic heterocycles. The Morgan fingerprint density at radius 3 is 2.62 bits per heavy atom. The Labute approximate surface area is 126 Å². The molecule has 0 N–H and O–H groups in total. The molecule has 21 heavy (non-hydrogen) atoms. The highest BCUT2D eigenvalue weighted by atomic mass is 16.5. The molecule has 0 amide bonds. The Morgan fingerprint density at radius 1 is 1.10 bits per heavy atom. The SMILES string of the molecule is Cc1cc(OCCN2CCCCC2)n(-c2ccccc2)n1. The second-order valence-corrected chi connectivity index (χ2v) is 5.62. The minimum atomic E-state index is 0.720. The third kappa shape index (κ3) is 3.64. The van der Waals surface area contributed by atoms with Crippen LogP contribution in [-0.4, -0.2) is 40.9 Å². The molecule has 0 atom stereocenters. The van der Waals surface area contributed by atoms with Gasteiger partial charge in [0.2, 0.25) is 5.88 Å². The average molecular weight is 285 g/mol. The predicted molar refractivity (Wildman–Crippen MR) is 84.1 cm³/mol. The molecule has 0 radical (unpaired) electrons. The van der Waals surface area contributed by atoms with Gasteiger partial charge in [-0.2, -0.15) is 5.10 Å². The zero-order valence-corrected chi connectivity index (χ0v) is 12.7. The van der Waals surface area contributed by atoms with Crippen molar-refractivity contribution in [1.29, 1.82) is 0 Å². The molecule has 0 bridgehead atoms.